The second-order valence-electron chi connectivity index (χ2n) is 3.47. The van der Waals surface area contributed by atoms with Gasteiger partial charge in [0.25, 0.3) is 0 Å². The van der Waals surface area contributed by atoms with Crippen LogP contribution in [0.1, 0.15) is 5.56 Å². The highest BCUT2D eigenvalue weighted by Gasteiger charge is 2.35. The van der Waals surface area contributed by atoms with Crippen molar-refractivity contribution < 1.29 is 22.8 Å². The third-order valence-electron chi connectivity index (χ3n) is 2.19. The second-order valence-corrected chi connectivity index (χ2v) is 4.32. The van der Waals surface area contributed by atoms with E-state index in [9.17, 15) is 18.3 Å². The van der Waals surface area contributed by atoms with Crippen molar-refractivity contribution in [3.05, 3.63) is 28.2 Å². The monoisotopic (exact) mass is 322 g/mol. The summed E-state index contributed by atoms with van der Waals surface area (Å²) < 4.78 is 42.5. The Labute approximate surface area is 107 Å². The predicted molar refractivity (Wildman–Crippen MR) is 60.7 cm³/mol. The third-order valence-corrected chi connectivity index (χ3v) is 2.80. The molecule has 4 nitrogen and oxygen atoms in total. The molecule has 96 valence electrons. The van der Waals surface area contributed by atoms with E-state index in [0.29, 0.717) is 0 Å². The Balaban J connectivity index is 2.61. The van der Waals surface area contributed by atoms with Gasteiger partial charge in [0.1, 0.15) is 11.4 Å². The molecule has 2 aromatic rings. The smallest absolute Gasteiger partial charge is 0.420 e. The molecule has 0 amide bonds. The quantitative estimate of drug-likeness (QED) is 0.843. The summed E-state index contributed by atoms with van der Waals surface area (Å²) >= 11 is 2.85. The fraction of sp³-hybridized carbons (Fsp3) is 0.100. The van der Waals surface area contributed by atoms with E-state index in [-0.39, 0.29) is 21.6 Å². The number of hydrogen-bond acceptors (Lipinski definition) is 4. The number of nitrogens with zero attached hydrogens (tertiary/aromatic N) is 1. The van der Waals surface area contributed by atoms with Gasteiger partial charge in [-0.3, -0.25) is 0 Å². The summed E-state index contributed by atoms with van der Waals surface area (Å²) in [5.41, 5.74) is 4.42. The Morgan fingerprint density at radius 2 is 1.94 bits per heavy atom. The summed E-state index contributed by atoms with van der Waals surface area (Å²) in [6, 6.07) is 3.36. The van der Waals surface area contributed by atoms with Crippen LogP contribution >= 0.6 is 15.9 Å². The number of benzene rings is 1. The molecule has 0 atom stereocenters. The number of aromatic nitrogens is 1. The molecule has 3 N–H and O–H groups in total. The average Bonchev–Trinajstić information content (AvgIpc) is 2.67. The molecule has 0 saturated heterocycles. The summed E-state index contributed by atoms with van der Waals surface area (Å²) in [5.74, 6) is -0.884. The van der Waals surface area contributed by atoms with Crippen LogP contribution in [0.3, 0.4) is 0 Å². The van der Waals surface area contributed by atoms with Gasteiger partial charge in [0.2, 0.25) is 5.88 Å². The maximum atomic E-state index is 12.7. The van der Waals surface area contributed by atoms with E-state index in [0.717, 1.165) is 6.07 Å². The third kappa shape index (κ3) is 2.28. The first-order chi connectivity index (χ1) is 8.29. The van der Waals surface area contributed by atoms with Crippen LogP contribution in [0.5, 0.6) is 5.75 Å². The van der Waals surface area contributed by atoms with Crippen LogP contribution in [0.4, 0.5) is 19.1 Å². The average molecular weight is 323 g/mol. The molecule has 18 heavy (non-hydrogen) atoms. The minimum Gasteiger partial charge on any atom is -0.506 e. The van der Waals surface area contributed by atoms with Crippen molar-refractivity contribution in [1.82, 2.24) is 5.16 Å². The maximum absolute atomic E-state index is 12.7. The van der Waals surface area contributed by atoms with Crippen LogP contribution in [0.25, 0.3) is 11.3 Å². The predicted octanol–water partition coefficient (Wildman–Crippen LogP) is 3.41. The number of nitrogen functional groups attached to an aromatic ring is 1. The summed E-state index contributed by atoms with van der Waals surface area (Å²) in [6.07, 6.45) is -4.67. The molecule has 0 radical (unpaired) electrons. The number of anilines is 1. The second kappa shape index (κ2) is 4.20. The van der Waals surface area contributed by atoms with E-state index in [1.165, 1.54) is 12.1 Å². The standard InChI is InChI=1S/C10H6BrF3N2O2/c11-6-2-4(7-3-8(15)18-16-7)1-5(9(6)17)10(12,13)14/h1-3,17H,15H2. The molecule has 0 bridgehead atoms. The maximum Gasteiger partial charge on any atom is 0.420 e. The Morgan fingerprint density at radius 1 is 1.28 bits per heavy atom. The minimum atomic E-state index is -4.67. The molecule has 0 fully saturated rings. The molecule has 0 spiro atoms. The lowest BCUT2D eigenvalue weighted by Gasteiger charge is -2.11. The summed E-state index contributed by atoms with van der Waals surface area (Å²) in [4.78, 5) is 0. The van der Waals surface area contributed by atoms with Gasteiger partial charge in [-0.15, -0.1) is 0 Å². The highest BCUT2D eigenvalue weighted by atomic mass is 79.9. The molecule has 0 aliphatic rings. The molecule has 0 aliphatic heterocycles. The van der Waals surface area contributed by atoms with Gasteiger partial charge in [-0.05, 0) is 28.1 Å². The Bertz CT molecular complexity index is 595. The molecule has 1 heterocycles. The van der Waals surface area contributed by atoms with E-state index in [1.807, 2.05) is 0 Å². The fourth-order valence-corrected chi connectivity index (χ4v) is 1.85. The molecule has 0 unspecified atom stereocenters. The van der Waals surface area contributed by atoms with Crippen molar-refractivity contribution in [2.45, 2.75) is 6.18 Å². The SMILES string of the molecule is Nc1cc(-c2cc(Br)c(O)c(C(F)(F)F)c2)no1. The minimum absolute atomic E-state index is 0.0113. The number of aromatic hydroxyl groups is 1. The van der Waals surface area contributed by atoms with Crippen molar-refractivity contribution in [2.24, 2.45) is 0 Å². The van der Waals surface area contributed by atoms with Crippen LogP contribution in [-0.4, -0.2) is 10.3 Å². The molecule has 1 aromatic carbocycles. The lowest BCUT2D eigenvalue weighted by Crippen LogP contribution is -2.05. The zero-order chi connectivity index (χ0) is 13.5. The van der Waals surface area contributed by atoms with Crippen molar-refractivity contribution in [3.8, 4) is 17.0 Å². The van der Waals surface area contributed by atoms with Gasteiger partial charge in [0, 0.05) is 11.6 Å². The van der Waals surface area contributed by atoms with Gasteiger partial charge in [0.15, 0.2) is 0 Å². The van der Waals surface area contributed by atoms with Gasteiger partial charge in [-0.2, -0.15) is 13.2 Å². The van der Waals surface area contributed by atoms with E-state index in [2.05, 4.69) is 25.6 Å². The molecular weight excluding hydrogens is 317 g/mol. The molecule has 2 rings (SSSR count). The van der Waals surface area contributed by atoms with Crippen molar-refractivity contribution in [1.29, 1.82) is 0 Å². The van der Waals surface area contributed by atoms with Crippen LogP contribution in [0, 0.1) is 0 Å². The normalized spacial score (nSPS) is 11.8. The van der Waals surface area contributed by atoms with Gasteiger partial charge in [-0.1, -0.05) is 5.16 Å². The van der Waals surface area contributed by atoms with Crippen LogP contribution in [0.15, 0.2) is 27.2 Å². The fourth-order valence-electron chi connectivity index (χ4n) is 1.39. The Hall–Kier alpha value is -1.70. The van der Waals surface area contributed by atoms with E-state index in [4.69, 9.17) is 5.73 Å². The summed E-state index contributed by atoms with van der Waals surface area (Å²) in [7, 11) is 0. The first-order valence-electron chi connectivity index (χ1n) is 4.61. The molecular formula is C10H6BrF3N2O2. The first kappa shape index (κ1) is 12.7. The molecule has 1 aromatic heterocycles. The summed E-state index contributed by atoms with van der Waals surface area (Å²) in [5, 5.41) is 12.9. The number of halogens is 4. The van der Waals surface area contributed by atoms with E-state index >= 15 is 0 Å². The zero-order valence-electron chi connectivity index (χ0n) is 8.62. The molecule has 0 aliphatic carbocycles. The van der Waals surface area contributed by atoms with E-state index < -0.39 is 17.5 Å². The molecule has 0 saturated carbocycles. The van der Waals surface area contributed by atoms with Crippen LogP contribution in [-0.2, 0) is 6.18 Å². The van der Waals surface area contributed by atoms with Crippen molar-refractivity contribution in [2.75, 3.05) is 5.73 Å². The van der Waals surface area contributed by atoms with Gasteiger partial charge < -0.3 is 15.4 Å². The lowest BCUT2D eigenvalue weighted by atomic mass is 10.1. The Kier molecular flexibility index (Phi) is 2.97. The van der Waals surface area contributed by atoms with Gasteiger partial charge in [-0.25, -0.2) is 0 Å². The number of hydrogen-bond donors (Lipinski definition) is 2. The zero-order valence-corrected chi connectivity index (χ0v) is 10.2. The van der Waals surface area contributed by atoms with E-state index in [1.54, 1.807) is 0 Å². The molecule has 8 heteroatoms. The number of phenolic OH excluding ortho intramolecular Hbond substituents is 1. The van der Waals surface area contributed by atoms with Crippen molar-refractivity contribution >= 4 is 21.8 Å². The lowest BCUT2D eigenvalue weighted by molar-refractivity contribution is -0.138. The largest absolute Gasteiger partial charge is 0.506 e. The first-order valence-corrected chi connectivity index (χ1v) is 5.40. The van der Waals surface area contributed by atoms with Gasteiger partial charge in [0.05, 0.1) is 10.0 Å². The topological polar surface area (TPSA) is 72.3 Å². The summed E-state index contributed by atoms with van der Waals surface area (Å²) in [6.45, 7) is 0. The number of nitrogens with two attached hydrogens (primary N) is 1. The number of alkyl halides is 3. The van der Waals surface area contributed by atoms with Gasteiger partial charge >= 0.3 is 6.18 Å². The highest BCUT2D eigenvalue weighted by molar-refractivity contribution is 9.10. The Morgan fingerprint density at radius 3 is 2.44 bits per heavy atom. The van der Waals surface area contributed by atoms with Crippen LogP contribution < -0.4 is 5.73 Å². The highest BCUT2D eigenvalue weighted by Crippen LogP contribution is 2.42. The number of rotatable bonds is 1. The number of phenols is 1. The van der Waals surface area contributed by atoms with Crippen LogP contribution in [0.2, 0.25) is 0 Å². The van der Waals surface area contributed by atoms with Crippen molar-refractivity contribution in [3.63, 3.8) is 0 Å².